The number of nitrogens with zero attached hydrogens (tertiary/aromatic N) is 4. The molecule has 2 rings (SSSR count). The first kappa shape index (κ1) is 16.6. The second kappa shape index (κ2) is 6.79. The van der Waals surface area contributed by atoms with Gasteiger partial charge < -0.3 is 5.32 Å². The van der Waals surface area contributed by atoms with Crippen LogP contribution >= 0.6 is 12.4 Å². The number of rotatable bonds is 5. The zero-order chi connectivity index (χ0) is 14.0. The lowest BCUT2D eigenvalue weighted by Crippen LogP contribution is -2.09. The second-order valence-electron chi connectivity index (χ2n) is 5.50. The second-order valence-corrected chi connectivity index (χ2v) is 5.50. The minimum atomic E-state index is 0. The van der Waals surface area contributed by atoms with Crippen molar-refractivity contribution in [1.29, 1.82) is 0 Å². The lowest BCUT2D eigenvalue weighted by Gasteiger charge is -2.06. The van der Waals surface area contributed by atoms with Crippen LogP contribution in [0.5, 0.6) is 0 Å². The molecule has 0 aliphatic carbocycles. The third-order valence-electron chi connectivity index (χ3n) is 3.07. The van der Waals surface area contributed by atoms with E-state index in [2.05, 4.69) is 53.1 Å². The molecule has 0 bridgehead atoms. The van der Waals surface area contributed by atoms with Crippen molar-refractivity contribution >= 4 is 18.2 Å². The molecule has 2 aromatic heterocycles. The first-order valence-corrected chi connectivity index (χ1v) is 6.73. The minimum Gasteiger partial charge on any atom is -0.363 e. The first-order chi connectivity index (χ1) is 8.95. The summed E-state index contributed by atoms with van der Waals surface area (Å²) >= 11 is 0. The van der Waals surface area contributed by atoms with Crippen LogP contribution in [0, 0.1) is 19.8 Å². The summed E-state index contributed by atoms with van der Waals surface area (Å²) in [5.74, 6) is 1.53. The molecule has 1 N–H and O–H groups in total. The van der Waals surface area contributed by atoms with E-state index in [0.717, 1.165) is 30.3 Å². The first-order valence-electron chi connectivity index (χ1n) is 6.73. The van der Waals surface area contributed by atoms with E-state index in [1.807, 2.05) is 18.7 Å². The van der Waals surface area contributed by atoms with Gasteiger partial charge in [-0.1, -0.05) is 13.8 Å². The van der Waals surface area contributed by atoms with Crippen LogP contribution < -0.4 is 5.32 Å². The summed E-state index contributed by atoms with van der Waals surface area (Å²) in [5, 5.41) is 12.3. The van der Waals surface area contributed by atoms with Gasteiger partial charge in [-0.2, -0.15) is 10.2 Å². The van der Waals surface area contributed by atoms with Crippen molar-refractivity contribution in [2.24, 2.45) is 13.0 Å². The van der Waals surface area contributed by atoms with Crippen molar-refractivity contribution in [2.45, 2.75) is 40.8 Å². The average molecular weight is 298 g/mol. The summed E-state index contributed by atoms with van der Waals surface area (Å²) in [7, 11) is 1.96. The van der Waals surface area contributed by atoms with Gasteiger partial charge in [0.2, 0.25) is 0 Å². The Labute approximate surface area is 126 Å². The highest BCUT2D eigenvalue weighted by Gasteiger charge is 2.07. The molecule has 0 radical (unpaired) electrons. The van der Waals surface area contributed by atoms with Crippen molar-refractivity contribution in [3.8, 4) is 0 Å². The van der Waals surface area contributed by atoms with Gasteiger partial charge in [-0.25, -0.2) is 0 Å². The number of aromatic nitrogens is 4. The molecule has 0 saturated heterocycles. The molecule has 112 valence electrons. The molecule has 0 spiro atoms. The lowest BCUT2D eigenvalue weighted by molar-refractivity contribution is 0.475. The van der Waals surface area contributed by atoms with E-state index < -0.39 is 0 Å². The van der Waals surface area contributed by atoms with Gasteiger partial charge in [0, 0.05) is 25.4 Å². The van der Waals surface area contributed by atoms with Crippen LogP contribution in [-0.4, -0.2) is 19.6 Å². The van der Waals surface area contributed by atoms with Gasteiger partial charge in [0.1, 0.15) is 5.82 Å². The fourth-order valence-corrected chi connectivity index (χ4v) is 2.14. The Morgan fingerprint density at radius 2 is 1.90 bits per heavy atom. The lowest BCUT2D eigenvalue weighted by atomic mass is 10.2. The Morgan fingerprint density at radius 1 is 1.20 bits per heavy atom. The molecule has 0 aromatic carbocycles. The average Bonchev–Trinajstić information content (AvgIpc) is 2.79. The Bertz CT molecular complexity index is 556. The molecule has 2 heterocycles. The molecule has 0 aliphatic rings. The molecule has 6 heteroatoms. The van der Waals surface area contributed by atoms with Crippen LogP contribution in [0.1, 0.15) is 30.9 Å². The van der Waals surface area contributed by atoms with Crippen LogP contribution in [-0.2, 0) is 20.1 Å². The summed E-state index contributed by atoms with van der Waals surface area (Å²) in [6.45, 7) is 10.2. The van der Waals surface area contributed by atoms with Crippen LogP contribution in [0.25, 0.3) is 0 Å². The fourth-order valence-electron chi connectivity index (χ4n) is 2.14. The van der Waals surface area contributed by atoms with E-state index in [4.69, 9.17) is 0 Å². The van der Waals surface area contributed by atoms with Gasteiger partial charge in [0.05, 0.1) is 17.9 Å². The summed E-state index contributed by atoms with van der Waals surface area (Å²) in [4.78, 5) is 0. The SMILES string of the molecule is Cc1cc(CNc2cc(C)n(CC(C)C)n2)n(C)n1.Cl. The highest BCUT2D eigenvalue weighted by Crippen LogP contribution is 2.12. The van der Waals surface area contributed by atoms with Crippen LogP contribution in [0.3, 0.4) is 0 Å². The van der Waals surface area contributed by atoms with Crippen molar-refractivity contribution in [1.82, 2.24) is 19.6 Å². The number of nitrogens with one attached hydrogen (secondary N) is 1. The van der Waals surface area contributed by atoms with Crippen molar-refractivity contribution < 1.29 is 0 Å². The zero-order valence-electron chi connectivity index (χ0n) is 12.8. The number of aryl methyl sites for hydroxylation is 3. The molecule has 0 unspecified atom stereocenters. The van der Waals surface area contributed by atoms with Gasteiger partial charge in [-0.3, -0.25) is 9.36 Å². The highest BCUT2D eigenvalue weighted by molar-refractivity contribution is 5.85. The van der Waals surface area contributed by atoms with E-state index in [1.54, 1.807) is 0 Å². The van der Waals surface area contributed by atoms with E-state index in [0.29, 0.717) is 5.92 Å². The van der Waals surface area contributed by atoms with Gasteiger partial charge in [0.25, 0.3) is 0 Å². The minimum absolute atomic E-state index is 0. The summed E-state index contributed by atoms with van der Waals surface area (Å²) in [6, 6.07) is 4.18. The van der Waals surface area contributed by atoms with Crippen molar-refractivity contribution in [3.63, 3.8) is 0 Å². The molecule has 0 atom stereocenters. The summed E-state index contributed by atoms with van der Waals surface area (Å²) in [5.41, 5.74) is 3.40. The highest BCUT2D eigenvalue weighted by atomic mass is 35.5. The van der Waals surface area contributed by atoms with Crippen molar-refractivity contribution in [3.05, 3.63) is 29.2 Å². The number of hydrogen-bond acceptors (Lipinski definition) is 3. The topological polar surface area (TPSA) is 47.7 Å². The number of anilines is 1. The Balaban J connectivity index is 0.00000200. The van der Waals surface area contributed by atoms with E-state index in [-0.39, 0.29) is 12.4 Å². The Morgan fingerprint density at radius 3 is 2.45 bits per heavy atom. The largest absolute Gasteiger partial charge is 0.363 e. The summed E-state index contributed by atoms with van der Waals surface area (Å²) < 4.78 is 3.96. The zero-order valence-corrected chi connectivity index (χ0v) is 13.7. The smallest absolute Gasteiger partial charge is 0.148 e. The third kappa shape index (κ3) is 4.00. The fraction of sp³-hybridized carbons (Fsp3) is 0.571. The quantitative estimate of drug-likeness (QED) is 0.923. The third-order valence-corrected chi connectivity index (χ3v) is 3.07. The van der Waals surface area contributed by atoms with Crippen molar-refractivity contribution in [2.75, 3.05) is 5.32 Å². The molecular formula is C14H24ClN5. The predicted octanol–water partition coefficient (Wildman–Crippen LogP) is 2.92. The van der Waals surface area contributed by atoms with Gasteiger partial charge in [-0.15, -0.1) is 12.4 Å². The van der Waals surface area contributed by atoms with E-state index in [1.165, 1.54) is 5.69 Å². The molecule has 0 aliphatic heterocycles. The Hall–Kier alpha value is -1.49. The molecule has 20 heavy (non-hydrogen) atoms. The van der Waals surface area contributed by atoms with Crippen LogP contribution in [0.4, 0.5) is 5.82 Å². The summed E-state index contributed by atoms with van der Waals surface area (Å²) in [6.07, 6.45) is 0. The van der Waals surface area contributed by atoms with Gasteiger partial charge in [-0.05, 0) is 25.8 Å². The monoisotopic (exact) mass is 297 g/mol. The number of halogens is 1. The van der Waals surface area contributed by atoms with E-state index in [9.17, 15) is 0 Å². The maximum atomic E-state index is 4.58. The Kier molecular flexibility index (Phi) is 5.62. The molecule has 5 nitrogen and oxygen atoms in total. The molecule has 0 fully saturated rings. The van der Waals surface area contributed by atoms with Gasteiger partial charge >= 0.3 is 0 Å². The molecule has 0 saturated carbocycles. The standard InChI is InChI=1S/C14H23N5.ClH/c1-10(2)9-19-12(4)7-14(17-19)15-8-13-6-11(3)16-18(13)5;/h6-7,10H,8-9H2,1-5H3,(H,15,17);1H. The normalized spacial score (nSPS) is 10.7. The van der Waals surface area contributed by atoms with Crippen LogP contribution in [0.15, 0.2) is 12.1 Å². The molecule has 0 amide bonds. The van der Waals surface area contributed by atoms with E-state index >= 15 is 0 Å². The maximum absolute atomic E-state index is 4.58. The maximum Gasteiger partial charge on any atom is 0.148 e. The van der Waals surface area contributed by atoms with Gasteiger partial charge in [0.15, 0.2) is 0 Å². The predicted molar refractivity (Wildman–Crippen MR) is 84.3 cm³/mol. The molecular weight excluding hydrogens is 274 g/mol. The number of hydrogen-bond donors (Lipinski definition) is 1. The van der Waals surface area contributed by atoms with Crippen LogP contribution in [0.2, 0.25) is 0 Å². The molecule has 2 aromatic rings.